The molecule has 0 saturated heterocycles. The molecule has 0 amide bonds. The van der Waals surface area contributed by atoms with Gasteiger partial charge in [-0.2, -0.15) is 0 Å². The highest BCUT2D eigenvalue weighted by Crippen LogP contribution is 2.09. The standard InChI is InChI=1S/C11H17N3O2S/c1-14-7-4-11(9-14)17(15,16)13-8-10-2-5-12-6-3-10/h2,4,7,9,12-13H,3,5-6,8H2,1H3. The number of hydrogen-bond acceptors (Lipinski definition) is 3. The van der Waals surface area contributed by atoms with E-state index in [1.165, 1.54) is 0 Å². The second-order valence-corrected chi connectivity index (χ2v) is 5.92. The van der Waals surface area contributed by atoms with Gasteiger partial charge in [0.25, 0.3) is 0 Å². The van der Waals surface area contributed by atoms with Crippen LogP contribution < -0.4 is 10.0 Å². The average molecular weight is 255 g/mol. The van der Waals surface area contributed by atoms with Crippen LogP contribution in [0.2, 0.25) is 0 Å². The van der Waals surface area contributed by atoms with Gasteiger partial charge in [-0.3, -0.25) is 0 Å². The van der Waals surface area contributed by atoms with Crippen molar-refractivity contribution < 1.29 is 8.42 Å². The molecule has 94 valence electrons. The van der Waals surface area contributed by atoms with Crippen molar-refractivity contribution in [2.45, 2.75) is 11.3 Å². The molecule has 1 aliphatic heterocycles. The van der Waals surface area contributed by atoms with Crippen molar-refractivity contribution in [1.29, 1.82) is 0 Å². The summed E-state index contributed by atoms with van der Waals surface area (Å²) in [4.78, 5) is 0.314. The number of nitrogens with one attached hydrogen (secondary N) is 2. The van der Waals surface area contributed by atoms with Crippen molar-refractivity contribution in [2.24, 2.45) is 7.05 Å². The molecule has 17 heavy (non-hydrogen) atoms. The van der Waals surface area contributed by atoms with Crippen molar-refractivity contribution >= 4 is 10.0 Å². The lowest BCUT2D eigenvalue weighted by Crippen LogP contribution is -2.29. The maximum absolute atomic E-state index is 11.9. The summed E-state index contributed by atoms with van der Waals surface area (Å²) < 4.78 is 28.2. The number of aryl methyl sites for hydroxylation is 1. The van der Waals surface area contributed by atoms with Crippen LogP contribution in [-0.4, -0.2) is 32.6 Å². The van der Waals surface area contributed by atoms with Gasteiger partial charge >= 0.3 is 0 Å². The molecule has 0 fully saturated rings. The van der Waals surface area contributed by atoms with E-state index in [9.17, 15) is 8.42 Å². The first-order chi connectivity index (χ1) is 8.08. The quantitative estimate of drug-likeness (QED) is 0.757. The fourth-order valence-corrected chi connectivity index (χ4v) is 2.83. The van der Waals surface area contributed by atoms with Gasteiger partial charge < -0.3 is 9.88 Å². The van der Waals surface area contributed by atoms with Gasteiger partial charge in [-0.15, -0.1) is 0 Å². The molecule has 0 aromatic carbocycles. The maximum Gasteiger partial charge on any atom is 0.242 e. The third kappa shape index (κ3) is 3.18. The van der Waals surface area contributed by atoms with E-state index in [0.29, 0.717) is 11.4 Å². The Bertz CT molecular complexity index is 517. The van der Waals surface area contributed by atoms with E-state index < -0.39 is 10.0 Å². The summed E-state index contributed by atoms with van der Waals surface area (Å²) in [7, 11) is -1.57. The summed E-state index contributed by atoms with van der Waals surface area (Å²) >= 11 is 0. The fourth-order valence-electron chi connectivity index (χ4n) is 1.74. The second kappa shape index (κ2) is 5.03. The molecule has 0 unspecified atom stereocenters. The van der Waals surface area contributed by atoms with Gasteiger partial charge in [0.1, 0.15) is 0 Å². The van der Waals surface area contributed by atoms with Gasteiger partial charge in [-0.25, -0.2) is 13.1 Å². The van der Waals surface area contributed by atoms with Gasteiger partial charge in [-0.1, -0.05) is 11.6 Å². The molecule has 0 aliphatic carbocycles. The lowest BCUT2D eigenvalue weighted by molar-refractivity contribution is 0.582. The third-order valence-corrected chi connectivity index (χ3v) is 4.15. The Morgan fingerprint density at radius 2 is 2.35 bits per heavy atom. The molecule has 1 aromatic rings. The Balaban J connectivity index is 2.00. The number of sulfonamides is 1. The van der Waals surface area contributed by atoms with Crippen molar-refractivity contribution in [3.63, 3.8) is 0 Å². The average Bonchev–Trinajstić information content (AvgIpc) is 2.76. The Morgan fingerprint density at radius 1 is 1.53 bits per heavy atom. The summed E-state index contributed by atoms with van der Waals surface area (Å²) in [5.74, 6) is 0. The Hall–Kier alpha value is -1.11. The van der Waals surface area contributed by atoms with E-state index >= 15 is 0 Å². The molecule has 2 N–H and O–H groups in total. The van der Waals surface area contributed by atoms with Gasteiger partial charge in [-0.05, 0) is 19.0 Å². The molecule has 0 atom stereocenters. The van der Waals surface area contributed by atoms with E-state index in [4.69, 9.17) is 0 Å². The van der Waals surface area contributed by atoms with Crippen LogP contribution in [-0.2, 0) is 17.1 Å². The smallest absolute Gasteiger partial charge is 0.242 e. The van der Waals surface area contributed by atoms with E-state index in [0.717, 1.165) is 25.1 Å². The lowest BCUT2D eigenvalue weighted by atomic mass is 10.1. The predicted octanol–water partition coefficient (Wildman–Crippen LogP) is 0.223. The summed E-state index contributed by atoms with van der Waals surface area (Å²) in [5, 5.41) is 3.19. The number of rotatable bonds is 4. The molecule has 0 spiro atoms. The largest absolute Gasteiger partial charge is 0.356 e. The number of hydrogen-bond donors (Lipinski definition) is 2. The lowest BCUT2D eigenvalue weighted by Gasteiger charge is -2.14. The minimum atomic E-state index is -3.37. The monoisotopic (exact) mass is 255 g/mol. The van der Waals surface area contributed by atoms with E-state index in [-0.39, 0.29) is 0 Å². The zero-order valence-corrected chi connectivity index (χ0v) is 10.6. The van der Waals surface area contributed by atoms with Crippen molar-refractivity contribution in [3.05, 3.63) is 30.1 Å². The molecule has 6 heteroatoms. The molecule has 1 aliphatic rings. The highest BCUT2D eigenvalue weighted by Gasteiger charge is 2.15. The fraction of sp³-hybridized carbons (Fsp3) is 0.455. The van der Waals surface area contributed by atoms with Gasteiger partial charge in [0, 0.05) is 32.5 Å². The maximum atomic E-state index is 11.9. The van der Waals surface area contributed by atoms with Crippen molar-refractivity contribution in [3.8, 4) is 0 Å². The van der Waals surface area contributed by atoms with E-state index in [1.807, 2.05) is 6.08 Å². The summed E-state index contributed by atoms with van der Waals surface area (Å²) in [6.45, 7) is 2.14. The molecule has 2 rings (SSSR count). The van der Waals surface area contributed by atoms with Crippen LogP contribution in [0.3, 0.4) is 0 Å². The van der Waals surface area contributed by atoms with E-state index in [2.05, 4.69) is 10.0 Å². The summed E-state index contributed by atoms with van der Waals surface area (Å²) in [5.41, 5.74) is 1.14. The van der Waals surface area contributed by atoms with Crippen molar-refractivity contribution in [1.82, 2.24) is 14.6 Å². The van der Waals surface area contributed by atoms with Crippen LogP contribution in [0, 0.1) is 0 Å². The molecule has 0 saturated carbocycles. The van der Waals surface area contributed by atoms with Crippen LogP contribution in [0.1, 0.15) is 6.42 Å². The topological polar surface area (TPSA) is 63.1 Å². The summed E-state index contributed by atoms with van der Waals surface area (Å²) in [6.07, 6.45) is 6.26. The Morgan fingerprint density at radius 3 is 2.94 bits per heavy atom. The normalized spacial score (nSPS) is 16.9. The number of nitrogens with zero attached hydrogens (tertiary/aromatic N) is 1. The Kier molecular flexibility index (Phi) is 3.66. The van der Waals surface area contributed by atoms with Gasteiger partial charge in [0.2, 0.25) is 10.0 Å². The molecule has 2 heterocycles. The van der Waals surface area contributed by atoms with Crippen LogP contribution in [0.25, 0.3) is 0 Å². The highest BCUT2D eigenvalue weighted by atomic mass is 32.2. The van der Waals surface area contributed by atoms with E-state index in [1.54, 1.807) is 30.1 Å². The first-order valence-corrected chi connectivity index (χ1v) is 7.06. The SMILES string of the molecule is Cn1ccc(S(=O)(=O)NCC2=CCNCC2)c1. The summed E-state index contributed by atoms with van der Waals surface area (Å²) in [6, 6.07) is 1.60. The molecule has 1 aromatic heterocycles. The van der Waals surface area contributed by atoms with Crippen LogP contribution >= 0.6 is 0 Å². The van der Waals surface area contributed by atoms with Gasteiger partial charge in [0.15, 0.2) is 0 Å². The predicted molar refractivity (Wildman–Crippen MR) is 66.2 cm³/mol. The molecule has 5 nitrogen and oxygen atoms in total. The van der Waals surface area contributed by atoms with Crippen LogP contribution in [0.15, 0.2) is 35.0 Å². The first-order valence-electron chi connectivity index (χ1n) is 5.58. The molecular formula is C11H17N3O2S. The highest BCUT2D eigenvalue weighted by molar-refractivity contribution is 7.89. The number of aromatic nitrogens is 1. The molecular weight excluding hydrogens is 238 g/mol. The zero-order valence-electron chi connectivity index (χ0n) is 9.81. The van der Waals surface area contributed by atoms with Crippen molar-refractivity contribution in [2.75, 3.05) is 19.6 Å². The minimum Gasteiger partial charge on any atom is -0.356 e. The zero-order chi connectivity index (χ0) is 12.3. The van der Waals surface area contributed by atoms with Gasteiger partial charge in [0.05, 0.1) is 4.90 Å². The Labute approximate surface area is 102 Å². The molecule has 0 bridgehead atoms. The molecule has 0 radical (unpaired) electrons. The third-order valence-electron chi connectivity index (χ3n) is 2.76. The second-order valence-electron chi connectivity index (χ2n) is 4.15. The van der Waals surface area contributed by atoms with Crippen LogP contribution in [0.4, 0.5) is 0 Å². The first kappa shape index (κ1) is 12.3. The minimum absolute atomic E-state index is 0.314. The van der Waals surface area contributed by atoms with Crippen LogP contribution in [0.5, 0.6) is 0 Å².